The standard InChI is InChI=1S/C27H42O7/c1-7-22(25(30)34-26(4,5)6)27(32-14-15-33-27)16-21(23(28)8-2)24(29)19(3)17-31-18-20-12-10-9-11-13-20/h9-13,19,21-22,24,29H,7-8,14-18H2,1-6H3/t19-,21-,22?,24-/m1/s1. The van der Waals surface area contributed by atoms with E-state index in [4.69, 9.17) is 18.9 Å². The fraction of sp³-hybridized carbons (Fsp3) is 0.704. The molecule has 1 fully saturated rings. The van der Waals surface area contributed by atoms with E-state index >= 15 is 0 Å². The first-order chi connectivity index (χ1) is 16.0. The van der Waals surface area contributed by atoms with Crippen molar-refractivity contribution >= 4 is 11.8 Å². The minimum Gasteiger partial charge on any atom is -0.460 e. The molecule has 1 aromatic carbocycles. The molecule has 1 aliphatic rings. The van der Waals surface area contributed by atoms with Gasteiger partial charge in [0.25, 0.3) is 0 Å². The highest BCUT2D eigenvalue weighted by molar-refractivity contribution is 5.81. The fourth-order valence-corrected chi connectivity index (χ4v) is 4.39. The zero-order valence-corrected chi connectivity index (χ0v) is 21.5. The molecular formula is C27H42O7. The summed E-state index contributed by atoms with van der Waals surface area (Å²) in [6.07, 6.45) is -0.197. The number of aliphatic hydroxyl groups is 1. The largest absolute Gasteiger partial charge is 0.460 e. The van der Waals surface area contributed by atoms with Gasteiger partial charge in [-0.05, 0) is 32.8 Å². The van der Waals surface area contributed by atoms with Gasteiger partial charge in [-0.25, -0.2) is 0 Å². The second-order valence-corrected chi connectivity index (χ2v) is 10.1. The molecule has 1 aliphatic heterocycles. The Morgan fingerprint density at radius 2 is 1.74 bits per heavy atom. The third kappa shape index (κ3) is 7.87. The lowest BCUT2D eigenvalue weighted by molar-refractivity contribution is -0.227. The molecule has 0 saturated carbocycles. The zero-order valence-electron chi connectivity index (χ0n) is 21.5. The van der Waals surface area contributed by atoms with Crippen molar-refractivity contribution in [2.75, 3.05) is 19.8 Å². The van der Waals surface area contributed by atoms with Crippen LogP contribution in [0.1, 0.15) is 66.4 Å². The smallest absolute Gasteiger partial charge is 0.314 e. The second kappa shape index (κ2) is 12.8. The Morgan fingerprint density at radius 3 is 2.26 bits per heavy atom. The van der Waals surface area contributed by atoms with Gasteiger partial charge >= 0.3 is 5.97 Å². The lowest BCUT2D eigenvalue weighted by Gasteiger charge is -2.39. The highest BCUT2D eigenvalue weighted by Gasteiger charge is 2.52. The van der Waals surface area contributed by atoms with Gasteiger partial charge in [-0.3, -0.25) is 9.59 Å². The number of carbonyl (C=O) groups excluding carboxylic acids is 2. The number of esters is 1. The van der Waals surface area contributed by atoms with Gasteiger partial charge in [0, 0.05) is 24.7 Å². The third-order valence-electron chi connectivity index (χ3n) is 6.16. The summed E-state index contributed by atoms with van der Waals surface area (Å²) < 4.78 is 23.5. The average Bonchev–Trinajstić information content (AvgIpc) is 3.25. The average molecular weight is 479 g/mol. The number of ketones is 1. The van der Waals surface area contributed by atoms with E-state index in [9.17, 15) is 14.7 Å². The maximum Gasteiger partial charge on any atom is 0.314 e. The number of aliphatic hydroxyl groups excluding tert-OH is 1. The van der Waals surface area contributed by atoms with Gasteiger partial charge < -0.3 is 24.1 Å². The van der Waals surface area contributed by atoms with Crippen LogP contribution in [0.15, 0.2) is 30.3 Å². The SMILES string of the molecule is CCC(=O)[C@@H](CC1(C(CC)C(=O)OC(C)(C)C)OCCO1)[C@H](O)[C@H](C)COCc1ccccc1. The molecule has 0 amide bonds. The number of rotatable bonds is 13. The van der Waals surface area contributed by atoms with Crippen molar-refractivity contribution in [3.63, 3.8) is 0 Å². The molecule has 192 valence electrons. The maximum absolute atomic E-state index is 13.0. The molecule has 7 nitrogen and oxygen atoms in total. The molecule has 0 aliphatic carbocycles. The summed E-state index contributed by atoms with van der Waals surface area (Å²) in [5.41, 5.74) is 0.382. The van der Waals surface area contributed by atoms with Crippen molar-refractivity contribution in [3.05, 3.63) is 35.9 Å². The number of hydrogen-bond acceptors (Lipinski definition) is 7. The Morgan fingerprint density at radius 1 is 1.12 bits per heavy atom. The molecular weight excluding hydrogens is 436 g/mol. The molecule has 1 unspecified atom stereocenters. The molecule has 1 heterocycles. The first-order valence-electron chi connectivity index (χ1n) is 12.4. The lowest BCUT2D eigenvalue weighted by atomic mass is 9.79. The van der Waals surface area contributed by atoms with Crippen LogP contribution in [0.25, 0.3) is 0 Å². The summed E-state index contributed by atoms with van der Waals surface area (Å²) in [4.78, 5) is 26.0. The van der Waals surface area contributed by atoms with E-state index in [2.05, 4.69) is 0 Å². The molecule has 0 spiro atoms. The summed E-state index contributed by atoms with van der Waals surface area (Å²) >= 11 is 0. The predicted molar refractivity (Wildman–Crippen MR) is 129 cm³/mol. The van der Waals surface area contributed by atoms with Crippen LogP contribution in [0.3, 0.4) is 0 Å². The Labute approximate surface area is 204 Å². The van der Waals surface area contributed by atoms with Gasteiger partial charge in [0.2, 0.25) is 0 Å². The Bertz CT molecular complexity index is 765. The van der Waals surface area contributed by atoms with Crippen LogP contribution >= 0.6 is 0 Å². The van der Waals surface area contributed by atoms with E-state index in [0.29, 0.717) is 32.8 Å². The Hall–Kier alpha value is -1.80. The van der Waals surface area contributed by atoms with E-state index in [1.807, 2.05) is 65.0 Å². The topological polar surface area (TPSA) is 91.3 Å². The van der Waals surface area contributed by atoms with Crippen LogP contribution in [0.4, 0.5) is 0 Å². The molecule has 0 bridgehead atoms. The van der Waals surface area contributed by atoms with Crippen LogP contribution in [-0.2, 0) is 35.1 Å². The molecule has 34 heavy (non-hydrogen) atoms. The predicted octanol–water partition coefficient (Wildman–Crippen LogP) is 4.30. The van der Waals surface area contributed by atoms with Crippen LogP contribution in [0.5, 0.6) is 0 Å². The molecule has 0 radical (unpaired) electrons. The molecule has 2 rings (SSSR count). The molecule has 1 N–H and O–H groups in total. The summed E-state index contributed by atoms with van der Waals surface area (Å²) in [6.45, 7) is 12.3. The van der Waals surface area contributed by atoms with E-state index < -0.39 is 35.3 Å². The van der Waals surface area contributed by atoms with Gasteiger partial charge in [0.1, 0.15) is 17.3 Å². The Kier molecular flexibility index (Phi) is 10.7. The van der Waals surface area contributed by atoms with E-state index in [1.54, 1.807) is 6.92 Å². The van der Waals surface area contributed by atoms with Crippen molar-refractivity contribution in [1.29, 1.82) is 0 Å². The van der Waals surface area contributed by atoms with Gasteiger partial charge in [0.15, 0.2) is 5.79 Å². The minimum atomic E-state index is -1.31. The number of ether oxygens (including phenoxy) is 4. The Balaban J connectivity index is 2.16. The van der Waals surface area contributed by atoms with Crippen LogP contribution in [0.2, 0.25) is 0 Å². The fourth-order valence-electron chi connectivity index (χ4n) is 4.39. The van der Waals surface area contributed by atoms with Gasteiger partial charge in [-0.2, -0.15) is 0 Å². The quantitative estimate of drug-likeness (QED) is 0.423. The van der Waals surface area contributed by atoms with Crippen LogP contribution in [0, 0.1) is 17.8 Å². The van der Waals surface area contributed by atoms with Crippen LogP contribution in [-0.4, -0.2) is 54.2 Å². The summed E-state index contributed by atoms with van der Waals surface area (Å²) in [6, 6.07) is 9.79. The number of Topliss-reactive ketones (excluding diaryl/α,β-unsaturated/α-hetero) is 1. The monoisotopic (exact) mass is 478 g/mol. The highest BCUT2D eigenvalue weighted by Crippen LogP contribution is 2.40. The number of carbonyl (C=O) groups is 2. The summed E-state index contributed by atoms with van der Waals surface area (Å²) in [5, 5.41) is 11.2. The lowest BCUT2D eigenvalue weighted by Crippen LogP contribution is -2.50. The minimum absolute atomic E-state index is 0.0849. The van der Waals surface area contributed by atoms with Gasteiger partial charge in [-0.15, -0.1) is 0 Å². The summed E-state index contributed by atoms with van der Waals surface area (Å²) in [5.74, 6) is -3.59. The van der Waals surface area contributed by atoms with E-state index in [0.717, 1.165) is 5.56 Å². The van der Waals surface area contributed by atoms with Crippen molar-refractivity contribution in [1.82, 2.24) is 0 Å². The number of hydrogen-bond donors (Lipinski definition) is 1. The first kappa shape index (κ1) is 28.4. The van der Waals surface area contributed by atoms with E-state index in [1.165, 1.54) is 0 Å². The highest BCUT2D eigenvalue weighted by atomic mass is 16.7. The zero-order chi connectivity index (χ0) is 25.4. The molecule has 4 atom stereocenters. The third-order valence-corrected chi connectivity index (χ3v) is 6.16. The maximum atomic E-state index is 13.0. The summed E-state index contributed by atoms with van der Waals surface area (Å²) in [7, 11) is 0. The second-order valence-electron chi connectivity index (χ2n) is 10.1. The van der Waals surface area contributed by atoms with Crippen molar-refractivity contribution < 1.29 is 33.6 Å². The van der Waals surface area contributed by atoms with E-state index in [-0.39, 0.29) is 24.5 Å². The van der Waals surface area contributed by atoms with Crippen molar-refractivity contribution in [2.45, 2.75) is 84.9 Å². The molecule has 1 saturated heterocycles. The van der Waals surface area contributed by atoms with Gasteiger partial charge in [-0.1, -0.05) is 51.1 Å². The van der Waals surface area contributed by atoms with Crippen molar-refractivity contribution in [2.24, 2.45) is 17.8 Å². The molecule has 7 heteroatoms. The normalized spacial score (nSPS) is 19.3. The van der Waals surface area contributed by atoms with Crippen LogP contribution < -0.4 is 0 Å². The van der Waals surface area contributed by atoms with Crippen molar-refractivity contribution in [3.8, 4) is 0 Å². The van der Waals surface area contributed by atoms with Gasteiger partial charge in [0.05, 0.1) is 32.5 Å². The first-order valence-corrected chi connectivity index (χ1v) is 12.4. The molecule has 1 aromatic rings. The number of benzene rings is 1. The molecule has 0 aromatic heterocycles.